The van der Waals surface area contributed by atoms with E-state index in [1.807, 2.05) is 29.2 Å². The summed E-state index contributed by atoms with van der Waals surface area (Å²) in [6, 6.07) is 13.8. The number of carbonyl (C=O) groups excluding carboxylic acids is 1. The highest BCUT2D eigenvalue weighted by molar-refractivity contribution is 5.79. The van der Waals surface area contributed by atoms with Gasteiger partial charge in [0.15, 0.2) is 0 Å². The lowest BCUT2D eigenvalue weighted by Crippen LogP contribution is -2.39. The number of hydrogen-bond donors (Lipinski definition) is 0. The van der Waals surface area contributed by atoms with Crippen molar-refractivity contribution in [1.82, 2.24) is 9.88 Å². The van der Waals surface area contributed by atoms with Gasteiger partial charge in [0.25, 0.3) is 0 Å². The first-order chi connectivity index (χ1) is 14.6. The predicted octanol–water partition coefficient (Wildman–Crippen LogP) is 4.71. The molecule has 0 saturated carbocycles. The fraction of sp³-hybridized carbons (Fsp3) is 0.333. The van der Waals surface area contributed by atoms with E-state index in [1.165, 1.54) is 12.1 Å². The topological polar surface area (TPSA) is 55.6 Å². The highest BCUT2D eigenvalue weighted by atomic mass is 19.1. The molecule has 1 aliphatic rings. The van der Waals surface area contributed by atoms with E-state index in [1.54, 1.807) is 25.4 Å². The first kappa shape index (κ1) is 20.1. The third kappa shape index (κ3) is 4.70. The average molecular weight is 408 g/mol. The van der Waals surface area contributed by atoms with Crippen molar-refractivity contribution < 1.29 is 18.3 Å². The summed E-state index contributed by atoms with van der Waals surface area (Å²) < 4.78 is 24.4. The molecular weight excluding hydrogens is 383 g/mol. The van der Waals surface area contributed by atoms with Crippen molar-refractivity contribution in [1.29, 1.82) is 0 Å². The van der Waals surface area contributed by atoms with Gasteiger partial charge in [0.2, 0.25) is 11.8 Å². The van der Waals surface area contributed by atoms with Crippen LogP contribution < -0.4 is 4.74 Å². The van der Waals surface area contributed by atoms with Gasteiger partial charge in [-0.25, -0.2) is 9.37 Å². The lowest BCUT2D eigenvalue weighted by Gasteiger charge is -2.34. The second kappa shape index (κ2) is 9.11. The molecule has 1 fully saturated rings. The second-order valence-electron chi connectivity index (χ2n) is 7.60. The van der Waals surface area contributed by atoms with Crippen LogP contribution in [0, 0.1) is 5.82 Å². The third-order valence-corrected chi connectivity index (χ3v) is 5.46. The molecule has 1 aromatic heterocycles. The van der Waals surface area contributed by atoms with Gasteiger partial charge in [0.05, 0.1) is 19.7 Å². The van der Waals surface area contributed by atoms with Crippen molar-refractivity contribution in [2.24, 2.45) is 0 Å². The van der Waals surface area contributed by atoms with E-state index < -0.39 is 0 Å². The Balaban J connectivity index is 1.47. The van der Waals surface area contributed by atoms with Gasteiger partial charge < -0.3 is 14.1 Å². The van der Waals surface area contributed by atoms with E-state index in [2.05, 4.69) is 4.98 Å². The van der Waals surface area contributed by atoms with Crippen molar-refractivity contribution >= 4 is 5.91 Å². The third-order valence-electron chi connectivity index (χ3n) is 5.46. The number of aromatic nitrogens is 1. The van der Waals surface area contributed by atoms with Gasteiger partial charge in [0.1, 0.15) is 23.4 Å². The molecule has 3 aromatic rings. The van der Waals surface area contributed by atoms with Gasteiger partial charge >= 0.3 is 0 Å². The van der Waals surface area contributed by atoms with Crippen LogP contribution in [0.3, 0.4) is 0 Å². The number of piperidine rings is 1. The SMILES string of the molecule is COc1cccc(CC(=O)N2CCCC[C@H]2c2ncc(Cc3ccc(F)cc3)o2)c1. The fourth-order valence-corrected chi connectivity index (χ4v) is 3.91. The van der Waals surface area contributed by atoms with E-state index in [0.29, 0.717) is 31.0 Å². The van der Waals surface area contributed by atoms with Gasteiger partial charge in [-0.3, -0.25) is 4.79 Å². The molecule has 0 radical (unpaired) electrons. The lowest BCUT2D eigenvalue weighted by molar-refractivity contribution is -0.134. The first-order valence-electron chi connectivity index (χ1n) is 10.2. The van der Waals surface area contributed by atoms with Gasteiger partial charge in [-0.2, -0.15) is 0 Å². The molecule has 1 atom stereocenters. The Kier molecular flexibility index (Phi) is 6.12. The number of hydrogen-bond acceptors (Lipinski definition) is 4. The first-order valence-corrected chi connectivity index (χ1v) is 10.2. The molecule has 0 aliphatic carbocycles. The monoisotopic (exact) mass is 408 g/mol. The number of benzene rings is 2. The van der Waals surface area contributed by atoms with E-state index in [4.69, 9.17) is 9.15 Å². The van der Waals surface area contributed by atoms with Crippen molar-refractivity contribution in [3.63, 3.8) is 0 Å². The summed E-state index contributed by atoms with van der Waals surface area (Å²) in [6.07, 6.45) is 5.40. The predicted molar refractivity (Wildman–Crippen MR) is 111 cm³/mol. The number of likely N-dealkylation sites (tertiary alicyclic amines) is 1. The molecule has 0 unspecified atom stereocenters. The maximum atomic E-state index is 13.1. The smallest absolute Gasteiger partial charge is 0.227 e. The molecular formula is C24H25FN2O3. The molecule has 1 amide bonds. The summed E-state index contributed by atoms with van der Waals surface area (Å²) in [7, 11) is 1.62. The normalized spacial score (nSPS) is 16.5. The largest absolute Gasteiger partial charge is 0.497 e. The van der Waals surface area contributed by atoms with Crippen LogP contribution >= 0.6 is 0 Å². The van der Waals surface area contributed by atoms with Crippen LogP contribution in [0.4, 0.5) is 4.39 Å². The summed E-state index contributed by atoms with van der Waals surface area (Å²) >= 11 is 0. The zero-order valence-electron chi connectivity index (χ0n) is 17.0. The second-order valence-corrected chi connectivity index (χ2v) is 7.60. The number of carbonyl (C=O) groups is 1. The minimum absolute atomic E-state index is 0.0613. The molecule has 30 heavy (non-hydrogen) atoms. The van der Waals surface area contributed by atoms with E-state index in [9.17, 15) is 9.18 Å². The summed E-state index contributed by atoms with van der Waals surface area (Å²) in [4.78, 5) is 19.4. The summed E-state index contributed by atoms with van der Waals surface area (Å²) in [5, 5.41) is 0. The van der Waals surface area contributed by atoms with Gasteiger partial charge in [-0.05, 0) is 54.7 Å². The highest BCUT2D eigenvalue weighted by Gasteiger charge is 2.31. The molecule has 6 heteroatoms. The standard InChI is InChI=1S/C24H25FN2O3/c1-29-20-6-4-5-18(14-20)15-23(28)27-12-3-2-7-22(27)24-26-16-21(30-24)13-17-8-10-19(25)11-9-17/h4-6,8-11,14,16,22H,2-3,7,12-13,15H2,1H3/t22-/m0/s1. The zero-order chi connectivity index (χ0) is 20.9. The lowest BCUT2D eigenvalue weighted by atomic mass is 10.0. The molecule has 0 spiro atoms. The fourth-order valence-electron chi connectivity index (χ4n) is 3.91. The van der Waals surface area contributed by atoms with Crippen LogP contribution in [0.1, 0.15) is 48.1 Å². The highest BCUT2D eigenvalue weighted by Crippen LogP contribution is 2.31. The van der Waals surface area contributed by atoms with Crippen LogP contribution in [-0.4, -0.2) is 29.4 Å². The molecule has 4 rings (SSSR count). The Labute approximate surface area is 175 Å². The number of nitrogens with zero attached hydrogens (tertiary/aromatic N) is 2. The molecule has 2 heterocycles. The Morgan fingerprint density at radius 3 is 2.83 bits per heavy atom. The quantitative estimate of drug-likeness (QED) is 0.593. The average Bonchev–Trinajstić information content (AvgIpc) is 3.24. The molecule has 156 valence electrons. The van der Waals surface area contributed by atoms with Crippen LogP contribution in [0.25, 0.3) is 0 Å². The van der Waals surface area contributed by atoms with Crippen LogP contribution in [0.5, 0.6) is 5.75 Å². The maximum absolute atomic E-state index is 13.1. The summed E-state index contributed by atoms with van der Waals surface area (Å²) in [6.45, 7) is 0.698. The van der Waals surface area contributed by atoms with Gasteiger partial charge in [-0.1, -0.05) is 24.3 Å². The van der Waals surface area contributed by atoms with Crippen LogP contribution in [-0.2, 0) is 17.6 Å². The molecule has 0 bridgehead atoms. The van der Waals surface area contributed by atoms with E-state index in [0.717, 1.165) is 36.1 Å². The van der Waals surface area contributed by atoms with Crippen LogP contribution in [0.15, 0.2) is 59.1 Å². The number of methoxy groups -OCH3 is 1. The van der Waals surface area contributed by atoms with Crippen LogP contribution in [0.2, 0.25) is 0 Å². The number of ether oxygens (including phenoxy) is 1. The summed E-state index contributed by atoms with van der Waals surface area (Å²) in [5.41, 5.74) is 1.88. The molecule has 5 nitrogen and oxygen atoms in total. The van der Waals surface area contributed by atoms with Gasteiger partial charge in [-0.15, -0.1) is 0 Å². The molecule has 1 aliphatic heterocycles. The van der Waals surface area contributed by atoms with Crippen molar-refractivity contribution in [3.8, 4) is 5.75 Å². The van der Waals surface area contributed by atoms with Crippen molar-refractivity contribution in [2.75, 3.05) is 13.7 Å². The number of oxazole rings is 1. The number of amides is 1. The number of halogens is 1. The van der Waals surface area contributed by atoms with Gasteiger partial charge in [0, 0.05) is 13.0 Å². The minimum Gasteiger partial charge on any atom is -0.497 e. The van der Waals surface area contributed by atoms with Crippen molar-refractivity contribution in [2.45, 2.75) is 38.1 Å². The molecule has 1 saturated heterocycles. The maximum Gasteiger partial charge on any atom is 0.227 e. The Morgan fingerprint density at radius 1 is 1.20 bits per heavy atom. The zero-order valence-corrected chi connectivity index (χ0v) is 17.0. The molecule has 2 aromatic carbocycles. The van der Waals surface area contributed by atoms with Crippen molar-refractivity contribution in [3.05, 3.63) is 83.3 Å². The number of rotatable bonds is 6. The minimum atomic E-state index is -0.260. The Hall–Kier alpha value is -3.15. The van der Waals surface area contributed by atoms with E-state index >= 15 is 0 Å². The Morgan fingerprint density at radius 2 is 2.03 bits per heavy atom. The summed E-state index contributed by atoms with van der Waals surface area (Å²) in [5.74, 6) is 1.83. The molecule has 0 N–H and O–H groups in total. The Bertz CT molecular complexity index is 1000. The van der Waals surface area contributed by atoms with E-state index in [-0.39, 0.29) is 17.8 Å².